The van der Waals surface area contributed by atoms with Gasteiger partial charge in [-0.1, -0.05) is 48.0 Å². The van der Waals surface area contributed by atoms with Crippen LogP contribution >= 0.6 is 0 Å². The van der Waals surface area contributed by atoms with Crippen LogP contribution in [0.25, 0.3) is 0 Å². The van der Waals surface area contributed by atoms with Crippen LogP contribution in [-0.2, 0) is 0 Å². The third kappa shape index (κ3) is 6.49. The van der Waals surface area contributed by atoms with Crippen molar-refractivity contribution in [2.45, 2.75) is 60.4 Å². The molecular weight excluding hydrogens is 196 g/mol. The van der Waals surface area contributed by atoms with E-state index in [1.165, 1.54) is 13.0 Å². The Morgan fingerprint density at radius 2 is 1.75 bits per heavy atom. The lowest BCUT2D eigenvalue weighted by Gasteiger charge is -2.30. The molecule has 0 amide bonds. The second kappa shape index (κ2) is 7.29. The SMILES string of the molecule is CCC(C)CN(CC)CCC(N)C(C)(C)C. The second-order valence-electron chi connectivity index (χ2n) is 6.17. The van der Waals surface area contributed by atoms with Gasteiger partial charge in [0, 0.05) is 12.6 Å². The highest BCUT2D eigenvalue weighted by Crippen LogP contribution is 2.20. The van der Waals surface area contributed by atoms with E-state index in [2.05, 4.69) is 46.4 Å². The smallest absolute Gasteiger partial charge is 0.00998 e. The van der Waals surface area contributed by atoms with Gasteiger partial charge in [-0.15, -0.1) is 0 Å². The molecule has 2 heteroatoms. The molecule has 0 aromatic carbocycles. The summed E-state index contributed by atoms with van der Waals surface area (Å²) in [5, 5.41) is 0. The minimum absolute atomic E-state index is 0.232. The Hall–Kier alpha value is -0.0800. The minimum atomic E-state index is 0.232. The maximum atomic E-state index is 6.19. The van der Waals surface area contributed by atoms with Crippen LogP contribution in [0.3, 0.4) is 0 Å². The van der Waals surface area contributed by atoms with Crippen molar-refractivity contribution in [1.29, 1.82) is 0 Å². The van der Waals surface area contributed by atoms with Crippen molar-refractivity contribution in [1.82, 2.24) is 4.90 Å². The van der Waals surface area contributed by atoms with Gasteiger partial charge >= 0.3 is 0 Å². The minimum Gasteiger partial charge on any atom is -0.327 e. The molecule has 2 nitrogen and oxygen atoms in total. The molecule has 0 bridgehead atoms. The van der Waals surface area contributed by atoms with Crippen LogP contribution in [0.5, 0.6) is 0 Å². The van der Waals surface area contributed by atoms with E-state index in [1.54, 1.807) is 0 Å². The lowest BCUT2D eigenvalue weighted by Crippen LogP contribution is -2.39. The summed E-state index contributed by atoms with van der Waals surface area (Å²) in [6.45, 7) is 17.0. The van der Waals surface area contributed by atoms with Gasteiger partial charge in [-0.25, -0.2) is 0 Å². The summed E-state index contributed by atoms with van der Waals surface area (Å²) in [5.41, 5.74) is 6.42. The van der Waals surface area contributed by atoms with Gasteiger partial charge in [0.2, 0.25) is 0 Å². The molecule has 0 spiro atoms. The fourth-order valence-corrected chi connectivity index (χ4v) is 1.70. The average Bonchev–Trinajstić information content (AvgIpc) is 2.21. The average molecular weight is 228 g/mol. The first-order chi connectivity index (χ1) is 7.31. The van der Waals surface area contributed by atoms with Crippen LogP contribution in [0.2, 0.25) is 0 Å². The number of hydrogen-bond donors (Lipinski definition) is 1. The largest absolute Gasteiger partial charge is 0.327 e. The van der Waals surface area contributed by atoms with Gasteiger partial charge < -0.3 is 10.6 Å². The molecule has 2 atom stereocenters. The molecule has 0 aromatic heterocycles. The fourth-order valence-electron chi connectivity index (χ4n) is 1.70. The van der Waals surface area contributed by atoms with E-state index in [0.29, 0.717) is 6.04 Å². The van der Waals surface area contributed by atoms with Crippen molar-refractivity contribution < 1.29 is 0 Å². The zero-order valence-corrected chi connectivity index (χ0v) is 12.2. The van der Waals surface area contributed by atoms with Gasteiger partial charge in [-0.3, -0.25) is 0 Å². The second-order valence-corrected chi connectivity index (χ2v) is 6.17. The molecule has 0 aliphatic heterocycles. The maximum absolute atomic E-state index is 6.19. The Balaban J connectivity index is 3.96. The number of nitrogens with two attached hydrogens (primary N) is 1. The van der Waals surface area contributed by atoms with Crippen molar-refractivity contribution in [3.8, 4) is 0 Å². The molecule has 0 rings (SSSR count). The third-order valence-corrected chi connectivity index (χ3v) is 3.58. The zero-order valence-electron chi connectivity index (χ0n) is 12.2. The van der Waals surface area contributed by atoms with Crippen molar-refractivity contribution in [3.63, 3.8) is 0 Å². The van der Waals surface area contributed by atoms with E-state index in [0.717, 1.165) is 25.4 Å². The molecule has 98 valence electrons. The lowest BCUT2D eigenvalue weighted by atomic mass is 9.85. The summed E-state index contributed by atoms with van der Waals surface area (Å²) in [6, 6.07) is 0.304. The van der Waals surface area contributed by atoms with Crippen molar-refractivity contribution >= 4 is 0 Å². The molecule has 0 aromatic rings. The van der Waals surface area contributed by atoms with Crippen LogP contribution in [-0.4, -0.2) is 30.6 Å². The molecule has 0 aliphatic carbocycles. The van der Waals surface area contributed by atoms with Gasteiger partial charge in [0.15, 0.2) is 0 Å². The van der Waals surface area contributed by atoms with Crippen molar-refractivity contribution in [2.75, 3.05) is 19.6 Å². The van der Waals surface area contributed by atoms with Gasteiger partial charge in [0.05, 0.1) is 0 Å². The number of rotatable bonds is 7. The van der Waals surface area contributed by atoms with Gasteiger partial charge in [0.25, 0.3) is 0 Å². The third-order valence-electron chi connectivity index (χ3n) is 3.58. The molecule has 0 saturated heterocycles. The topological polar surface area (TPSA) is 29.3 Å². The van der Waals surface area contributed by atoms with Gasteiger partial charge in [0.1, 0.15) is 0 Å². The van der Waals surface area contributed by atoms with Crippen LogP contribution in [0.1, 0.15) is 54.4 Å². The van der Waals surface area contributed by atoms with E-state index >= 15 is 0 Å². The van der Waals surface area contributed by atoms with Crippen molar-refractivity contribution in [2.24, 2.45) is 17.1 Å². The van der Waals surface area contributed by atoms with Crippen LogP contribution < -0.4 is 5.73 Å². The standard InChI is InChI=1S/C14H32N2/c1-7-12(3)11-16(8-2)10-9-13(15)14(4,5)6/h12-13H,7-11,15H2,1-6H3. The molecule has 2 N–H and O–H groups in total. The molecule has 0 saturated carbocycles. The Kier molecular flexibility index (Phi) is 7.25. The summed E-state index contributed by atoms with van der Waals surface area (Å²) in [7, 11) is 0. The first-order valence-corrected chi connectivity index (χ1v) is 6.79. The summed E-state index contributed by atoms with van der Waals surface area (Å²) < 4.78 is 0. The van der Waals surface area contributed by atoms with Gasteiger partial charge in [-0.05, 0) is 30.8 Å². The summed E-state index contributed by atoms with van der Waals surface area (Å²) in [4.78, 5) is 2.53. The quantitative estimate of drug-likeness (QED) is 0.725. The molecule has 16 heavy (non-hydrogen) atoms. The Labute approximate surface area is 103 Å². The highest BCUT2D eigenvalue weighted by atomic mass is 15.1. The highest BCUT2D eigenvalue weighted by molar-refractivity contribution is 4.78. The monoisotopic (exact) mass is 228 g/mol. The van der Waals surface area contributed by atoms with E-state index in [-0.39, 0.29) is 5.41 Å². The maximum Gasteiger partial charge on any atom is 0.00998 e. The van der Waals surface area contributed by atoms with Crippen LogP contribution in [0, 0.1) is 11.3 Å². The predicted octanol–water partition coefficient (Wildman–Crippen LogP) is 3.12. The predicted molar refractivity (Wildman–Crippen MR) is 73.6 cm³/mol. The van der Waals surface area contributed by atoms with E-state index < -0.39 is 0 Å². The van der Waals surface area contributed by atoms with Crippen LogP contribution in [0.15, 0.2) is 0 Å². The van der Waals surface area contributed by atoms with Crippen molar-refractivity contribution in [3.05, 3.63) is 0 Å². The Bertz CT molecular complexity index is 172. The van der Waals surface area contributed by atoms with E-state index in [1.807, 2.05) is 0 Å². The summed E-state index contributed by atoms with van der Waals surface area (Å²) in [5.74, 6) is 0.797. The van der Waals surface area contributed by atoms with Crippen LogP contribution in [0.4, 0.5) is 0 Å². The highest BCUT2D eigenvalue weighted by Gasteiger charge is 2.21. The number of hydrogen-bond acceptors (Lipinski definition) is 2. The van der Waals surface area contributed by atoms with E-state index in [4.69, 9.17) is 5.73 Å². The summed E-state index contributed by atoms with van der Waals surface area (Å²) in [6.07, 6.45) is 2.37. The Morgan fingerprint density at radius 3 is 2.12 bits per heavy atom. The van der Waals surface area contributed by atoms with Gasteiger partial charge in [-0.2, -0.15) is 0 Å². The fraction of sp³-hybridized carbons (Fsp3) is 1.00. The molecular formula is C14H32N2. The molecule has 0 radical (unpaired) electrons. The van der Waals surface area contributed by atoms with E-state index in [9.17, 15) is 0 Å². The molecule has 2 unspecified atom stereocenters. The first kappa shape index (κ1) is 15.9. The number of nitrogens with zero attached hydrogens (tertiary/aromatic N) is 1. The molecule has 0 heterocycles. The first-order valence-electron chi connectivity index (χ1n) is 6.79. The Morgan fingerprint density at radius 1 is 1.19 bits per heavy atom. The lowest BCUT2D eigenvalue weighted by molar-refractivity contribution is 0.212. The molecule has 0 fully saturated rings. The normalized spacial score (nSPS) is 16.5. The zero-order chi connectivity index (χ0) is 12.8. The molecule has 0 aliphatic rings. The summed E-state index contributed by atoms with van der Waals surface area (Å²) >= 11 is 0.